The summed E-state index contributed by atoms with van der Waals surface area (Å²) in [5.41, 5.74) is -0.505. The van der Waals surface area contributed by atoms with Crippen molar-refractivity contribution in [2.75, 3.05) is 13.7 Å². The molecule has 5 heterocycles. The molecule has 286 valence electrons. The zero-order chi connectivity index (χ0) is 38.8. The highest BCUT2D eigenvalue weighted by Crippen LogP contribution is 2.50. The summed E-state index contributed by atoms with van der Waals surface area (Å²) in [5.74, 6) is -1.77. The van der Waals surface area contributed by atoms with E-state index in [1.54, 1.807) is 55.2 Å². The maximum atomic E-state index is 15.6. The number of thiol groups is 1. The summed E-state index contributed by atoms with van der Waals surface area (Å²) < 4.78 is 69.4. The van der Waals surface area contributed by atoms with Crippen LogP contribution in [0.4, 0.5) is 8.78 Å². The second-order valence-corrected chi connectivity index (χ2v) is 14.7. The van der Waals surface area contributed by atoms with E-state index in [0.717, 1.165) is 17.7 Å². The lowest BCUT2D eigenvalue weighted by molar-refractivity contribution is -0.326. The Kier molecular flexibility index (Phi) is 11.0. The molecule has 2 aliphatic heterocycles. The third-order valence-electron chi connectivity index (χ3n) is 9.48. The van der Waals surface area contributed by atoms with E-state index in [4.69, 9.17) is 52.7 Å². The van der Waals surface area contributed by atoms with Crippen LogP contribution >= 0.6 is 35.6 Å². The monoisotopic (exact) mass is 816 g/mol. The van der Waals surface area contributed by atoms with Gasteiger partial charge < -0.3 is 28.4 Å². The Balaban J connectivity index is 1.21. The van der Waals surface area contributed by atoms with E-state index in [1.165, 1.54) is 22.2 Å². The number of pyridine rings is 1. The predicted molar refractivity (Wildman–Crippen MR) is 202 cm³/mol. The van der Waals surface area contributed by atoms with Crippen molar-refractivity contribution in [3.05, 3.63) is 141 Å². The highest BCUT2D eigenvalue weighted by atomic mass is 35.5. The van der Waals surface area contributed by atoms with Gasteiger partial charge in [-0.1, -0.05) is 59.3 Å². The highest BCUT2D eigenvalue weighted by Gasteiger charge is 2.63. The van der Waals surface area contributed by atoms with Gasteiger partial charge in [-0.3, -0.25) is 0 Å². The van der Waals surface area contributed by atoms with E-state index in [1.807, 2.05) is 30.3 Å². The first-order chi connectivity index (χ1) is 27.3. The second kappa shape index (κ2) is 16.2. The van der Waals surface area contributed by atoms with Crippen molar-refractivity contribution in [1.82, 2.24) is 25.0 Å². The van der Waals surface area contributed by atoms with Gasteiger partial charge in [-0.2, -0.15) is 5.26 Å². The molecular formula is C39H31ClF2N6O6S2. The summed E-state index contributed by atoms with van der Waals surface area (Å²) in [6.07, 6.45) is 0.755. The number of hydrogen-bond donors (Lipinski definition) is 1. The predicted octanol–water partition coefficient (Wildman–Crippen LogP) is 7.29. The number of nitriles is 1. The largest absolute Gasteiger partial charge is 0.497 e. The van der Waals surface area contributed by atoms with Crippen molar-refractivity contribution in [2.45, 2.75) is 48.8 Å². The van der Waals surface area contributed by atoms with Gasteiger partial charge in [-0.25, -0.2) is 23.4 Å². The molecule has 2 aliphatic rings. The van der Waals surface area contributed by atoms with E-state index in [0.29, 0.717) is 22.0 Å². The molecule has 2 unspecified atom stereocenters. The van der Waals surface area contributed by atoms with Gasteiger partial charge in [0.25, 0.3) is 0 Å². The molecule has 56 heavy (non-hydrogen) atoms. The summed E-state index contributed by atoms with van der Waals surface area (Å²) in [6.45, 7) is -0.379. The maximum absolute atomic E-state index is 15.6. The first kappa shape index (κ1) is 37.9. The lowest BCUT2D eigenvalue weighted by Gasteiger charge is -2.55. The Morgan fingerprint density at radius 2 is 1.82 bits per heavy atom. The summed E-state index contributed by atoms with van der Waals surface area (Å²) >= 11 is 12.9. The smallest absolute Gasteiger partial charge is 0.191 e. The molecule has 0 radical (unpaired) electrons. The standard InChI is InChI=1S/C39H31ClF2N6O6S2/c1-49-26-9-7-22(8-10-26)19-50-33-28(41)13-23(14-29(33)42)20-51-35-38(55)53-32-21-52-37(24-5-3-2-4-6-24)54-34(32)39(35,27-15-25(40)17-45-30(27)16-43)48-18-31(46-47-48)36-44-11-12-56-36/h2-15,17-18,32,34-35,37-38,55H,19-21H2,1H3/t32-,34+,35+,37?,38-,39?/m1/s1. The van der Waals surface area contributed by atoms with Gasteiger partial charge in [0.2, 0.25) is 0 Å². The van der Waals surface area contributed by atoms with Crippen molar-refractivity contribution < 1.29 is 37.2 Å². The van der Waals surface area contributed by atoms with E-state index in [2.05, 4.69) is 26.3 Å². The van der Waals surface area contributed by atoms with E-state index in [-0.39, 0.29) is 41.7 Å². The number of halogens is 3. The summed E-state index contributed by atoms with van der Waals surface area (Å²) in [6, 6.07) is 22.2. The van der Waals surface area contributed by atoms with Crippen LogP contribution in [-0.2, 0) is 37.7 Å². The molecule has 0 amide bonds. The molecule has 3 aromatic heterocycles. The zero-order valence-corrected chi connectivity index (χ0v) is 31.8. The van der Waals surface area contributed by atoms with Crippen LogP contribution in [0.25, 0.3) is 10.7 Å². The Morgan fingerprint density at radius 3 is 2.54 bits per heavy atom. The van der Waals surface area contributed by atoms with Crippen molar-refractivity contribution in [1.29, 1.82) is 5.26 Å². The molecule has 0 aliphatic carbocycles. The summed E-state index contributed by atoms with van der Waals surface area (Å²) in [4.78, 5) is 8.78. The number of fused-ring (bicyclic) bond motifs is 1. The molecule has 3 aromatic carbocycles. The highest BCUT2D eigenvalue weighted by molar-refractivity contribution is 7.80. The molecule has 0 saturated carbocycles. The lowest BCUT2D eigenvalue weighted by Crippen LogP contribution is -2.70. The number of benzene rings is 3. The number of aromatic nitrogens is 5. The van der Waals surface area contributed by atoms with Crippen LogP contribution in [0, 0.1) is 23.0 Å². The minimum atomic E-state index is -1.66. The van der Waals surface area contributed by atoms with Crippen LogP contribution in [-0.4, -0.2) is 62.4 Å². The van der Waals surface area contributed by atoms with Crippen LogP contribution in [0.1, 0.15) is 34.2 Å². The molecule has 0 N–H and O–H groups in total. The average Bonchev–Trinajstić information content (AvgIpc) is 3.94. The number of thiazole rings is 1. The van der Waals surface area contributed by atoms with Crippen molar-refractivity contribution in [3.63, 3.8) is 0 Å². The van der Waals surface area contributed by atoms with Crippen molar-refractivity contribution in [3.8, 4) is 28.3 Å². The van der Waals surface area contributed by atoms with Gasteiger partial charge in [0.05, 0.1) is 31.5 Å². The van der Waals surface area contributed by atoms with Gasteiger partial charge in [-0.15, -0.1) is 29.1 Å². The number of rotatable bonds is 11. The first-order valence-electron chi connectivity index (χ1n) is 17.2. The summed E-state index contributed by atoms with van der Waals surface area (Å²) in [7, 11) is 1.54. The van der Waals surface area contributed by atoms with Crippen LogP contribution in [0.15, 0.2) is 96.8 Å². The van der Waals surface area contributed by atoms with Gasteiger partial charge in [0.1, 0.15) is 58.6 Å². The number of nitrogens with zero attached hydrogens (tertiary/aromatic N) is 6. The maximum Gasteiger partial charge on any atom is 0.191 e. The third-order valence-corrected chi connectivity index (χ3v) is 10.9. The molecule has 2 saturated heterocycles. The molecule has 17 heteroatoms. The SMILES string of the molecule is COc1ccc(COc2c(F)cc(CO[C@H]3[C@@H](S)O[C@@H]4COC(c5ccccc5)O[C@@H]4C3(c3cc(Cl)cnc3C#N)n3cc(-c4nccs4)nn3)cc2F)cc1. The van der Waals surface area contributed by atoms with Crippen LogP contribution in [0.5, 0.6) is 11.5 Å². The number of methoxy groups -OCH3 is 1. The molecular weight excluding hydrogens is 786 g/mol. The molecule has 6 aromatic rings. The van der Waals surface area contributed by atoms with Crippen molar-refractivity contribution >= 4 is 35.6 Å². The quantitative estimate of drug-likeness (QED) is 0.132. The van der Waals surface area contributed by atoms with E-state index in [9.17, 15) is 5.26 Å². The third kappa shape index (κ3) is 7.23. The minimum Gasteiger partial charge on any atom is -0.497 e. The minimum absolute atomic E-state index is 0.0164. The zero-order valence-electron chi connectivity index (χ0n) is 29.4. The van der Waals surface area contributed by atoms with Gasteiger partial charge >= 0.3 is 0 Å². The normalized spacial score (nSPS) is 23.2. The topological polar surface area (TPSA) is 136 Å². The number of ether oxygens (including phenoxy) is 6. The summed E-state index contributed by atoms with van der Waals surface area (Å²) in [5, 5.41) is 22.1. The lowest BCUT2D eigenvalue weighted by atomic mass is 9.74. The van der Waals surface area contributed by atoms with Gasteiger partial charge in [0, 0.05) is 28.9 Å². The molecule has 12 nitrogen and oxygen atoms in total. The molecule has 8 rings (SSSR count). The second-order valence-electron chi connectivity index (χ2n) is 12.8. The van der Waals surface area contributed by atoms with E-state index >= 15 is 8.78 Å². The van der Waals surface area contributed by atoms with Gasteiger partial charge in [0.15, 0.2) is 29.2 Å². The fraction of sp³-hybridized carbons (Fsp3) is 0.256. The van der Waals surface area contributed by atoms with Gasteiger partial charge in [-0.05, 0) is 41.5 Å². The van der Waals surface area contributed by atoms with Crippen LogP contribution < -0.4 is 9.47 Å². The molecule has 0 bridgehead atoms. The Morgan fingerprint density at radius 1 is 1.04 bits per heavy atom. The number of hydrogen-bond acceptors (Lipinski definition) is 13. The fourth-order valence-electron chi connectivity index (χ4n) is 6.97. The Labute approximate surface area is 333 Å². The first-order valence-corrected chi connectivity index (χ1v) is 19.0. The molecule has 6 atom stereocenters. The molecule has 0 spiro atoms. The average molecular weight is 817 g/mol. The Bertz CT molecular complexity index is 2330. The van der Waals surface area contributed by atoms with Crippen LogP contribution in [0.2, 0.25) is 5.02 Å². The Hall–Kier alpha value is -4.99. The van der Waals surface area contributed by atoms with E-state index < -0.39 is 53.0 Å². The van der Waals surface area contributed by atoms with Crippen molar-refractivity contribution in [2.24, 2.45) is 0 Å². The molecule has 2 fully saturated rings. The van der Waals surface area contributed by atoms with Crippen LogP contribution in [0.3, 0.4) is 0 Å². The fourth-order valence-corrected chi connectivity index (χ4v) is 8.18.